The number of ether oxygens (including phenoxy) is 2. The van der Waals surface area contributed by atoms with Gasteiger partial charge >= 0.3 is 0 Å². The van der Waals surface area contributed by atoms with Crippen LogP contribution in [0.25, 0.3) is 22.6 Å². The summed E-state index contributed by atoms with van der Waals surface area (Å²) in [7, 11) is 3.38. The summed E-state index contributed by atoms with van der Waals surface area (Å²) >= 11 is 0. The zero-order valence-electron chi connectivity index (χ0n) is 21.8. The number of aliphatic hydroxyl groups excluding tert-OH is 1. The minimum absolute atomic E-state index is 0.144. The zero-order chi connectivity index (χ0) is 26.6. The maximum absolute atomic E-state index is 12.9. The van der Waals surface area contributed by atoms with E-state index in [1.54, 1.807) is 14.1 Å². The van der Waals surface area contributed by atoms with Gasteiger partial charge in [-0.3, -0.25) is 4.79 Å². The quantitative estimate of drug-likeness (QED) is 0.320. The van der Waals surface area contributed by atoms with Crippen LogP contribution in [-0.4, -0.2) is 78.2 Å². The van der Waals surface area contributed by atoms with Gasteiger partial charge in [-0.25, -0.2) is 9.97 Å². The van der Waals surface area contributed by atoms with E-state index in [0.717, 1.165) is 11.1 Å². The first-order chi connectivity index (χ1) is 17.8. The van der Waals surface area contributed by atoms with Crippen molar-refractivity contribution >= 4 is 11.7 Å². The van der Waals surface area contributed by atoms with Gasteiger partial charge < -0.3 is 35.1 Å². The van der Waals surface area contributed by atoms with Gasteiger partial charge in [0.25, 0.3) is 0 Å². The third kappa shape index (κ3) is 5.58. The summed E-state index contributed by atoms with van der Waals surface area (Å²) in [5.74, 6) is 2.01. The Kier molecular flexibility index (Phi) is 8.06. The summed E-state index contributed by atoms with van der Waals surface area (Å²) in [6, 6.07) is 7.37. The van der Waals surface area contributed by atoms with Crippen LogP contribution in [0.1, 0.15) is 23.4 Å². The third-order valence-corrected chi connectivity index (χ3v) is 6.43. The SMILES string of the molecule is CNCC(O)COc1cccc(-c2nc(NC3(C(=O)NC)CCOC3)c(C)c(-c3c(C)noc3C)n2)c1. The predicted molar refractivity (Wildman–Crippen MR) is 138 cm³/mol. The molecule has 0 saturated carbocycles. The van der Waals surface area contributed by atoms with Gasteiger partial charge in [-0.2, -0.15) is 0 Å². The fraction of sp³-hybridized carbons (Fsp3) is 0.462. The molecule has 11 heteroatoms. The lowest BCUT2D eigenvalue weighted by molar-refractivity contribution is -0.125. The minimum atomic E-state index is -0.949. The van der Waals surface area contributed by atoms with Gasteiger partial charge in [0, 0.05) is 37.7 Å². The van der Waals surface area contributed by atoms with E-state index in [9.17, 15) is 9.90 Å². The molecule has 0 spiro atoms. The second-order valence-electron chi connectivity index (χ2n) is 9.21. The van der Waals surface area contributed by atoms with E-state index < -0.39 is 11.6 Å². The molecule has 4 rings (SSSR count). The summed E-state index contributed by atoms with van der Waals surface area (Å²) in [6.07, 6.45) is -0.134. The van der Waals surface area contributed by atoms with E-state index in [4.69, 9.17) is 24.0 Å². The Balaban J connectivity index is 1.79. The first-order valence-electron chi connectivity index (χ1n) is 12.2. The number of nitrogens with zero attached hydrogens (tertiary/aromatic N) is 3. The Morgan fingerprint density at radius 3 is 2.70 bits per heavy atom. The Morgan fingerprint density at radius 2 is 2.05 bits per heavy atom. The van der Waals surface area contributed by atoms with Crippen molar-refractivity contribution in [3.63, 3.8) is 0 Å². The number of carbonyl (C=O) groups is 1. The zero-order valence-corrected chi connectivity index (χ0v) is 21.8. The lowest BCUT2D eigenvalue weighted by Crippen LogP contribution is -2.52. The molecular weight excluding hydrogens is 476 g/mol. The molecule has 1 aromatic carbocycles. The number of carbonyl (C=O) groups excluding carboxylic acids is 1. The van der Waals surface area contributed by atoms with Crippen molar-refractivity contribution in [2.24, 2.45) is 0 Å². The van der Waals surface area contributed by atoms with Crippen molar-refractivity contribution in [2.75, 3.05) is 45.8 Å². The number of aliphatic hydroxyl groups is 1. The summed E-state index contributed by atoms with van der Waals surface area (Å²) in [5, 5.41) is 23.2. The van der Waals surface area contributed by atoms with Gasteiger partial charge in [0.05, 0.1) is 23.6 Å². The van der Waals surface area contributed by atoms with E-state index in [0.29, 0.717) is 59.7 Å². The third-order valence-electron chi connectivity index (χ3n) is 6.43. The summed E-state index contributed by atoms with van der Waals surface area (Å²) < 4.78 is 16.8. The number of amides is 1. The second-order valence-corrected chi connectivity index (χ2v) is 9.21. The molecule has 3 heterocycles. The number of aromatic nitrogens is 3. The molecule has 0 radical (unpaired) electrons. The molecule has 1 amide bonds. The normalized spacial score (nSPS) is 18.0. The number of hydrogen-bond acceptors (Lipinski definition) is 10. The number of nitrogens with one attached hydrogen (secondary N) is 3. The van der Waals surface area contributed by atoms with Crippen LogP contribution in [0, 0.1) is 20.8 Å². The number of hydrogen-bond donors (Lipinski definition) is 4. The lowest BCUT2D eigenvalue weighted by Gasteiger charge is -2.28. The first-order valence-corrected chi connectivity index (χ1v) is 12.2. The van der Waals surface area contributed by atoms with Crippen LogP contribution in [0.5, 0.6) is 5.75 Å². The van der Waals surface area contributed by atoms with Crippen molar-refractivity contribution in [1.82, 2.24) is 25.8 Å². The second kappa shape index (κ2) is 11.2. The topological polar surface area (TPSA) is 144 Å². The fourth-order valence-corrected chi connectivity index (χ4v) is 4.41. The standard InChI is InChI=1S/C26H34N6O5/c1-15-22(21-16(2)32-37-17(21)3)29-24(18-7-6-8-20(11-18)36-13-19(33)12-27-4)30-23(15)31-26(25(34)28-5)9-10-35-14-26/h6-8,11,19,27,33H,9-10,12-14H2,1-5H3,(H,28,34)(H,29,30,31). The first kappa shape index (κ1) is 26.5. The maximum Gasteiger partial charge on any atom is 0.247 e. The van der Waals surface area contributed by atoms with Gasteiger partial charge in [0.15, 0.2) is 5.82 Å². The predicted octanol–water partition coefficient (Wildman–Crippen LogP) is 2.00. The van der Waals surface area contributed by atoms with E-state index in [2.05, 4.69) is 21.1 Å². The molecule has 2 atom stereocenters. The van der Waals surface area contributed by atoms with Crippen LogP contribution in [-0.2, 0) is 9.53 Å². The largest absolute Gasteiger partial charge is 0.491 e. The molecular formula is C26H34N6O5. The molecule has 11 nitrogen and oxygen atoms in total. The highest BCUT2D eigenvalue weighted by Gasteiger charge is 2.42. The molecule has 2 aromatic heterocycles. The van der Waals surface area contributed by atoms with E-state index in [1.165, 1.54) is 0 Å². The molecule has 0 bridgehead atoms. The molecule has 1 saturated heterocycles. The summed E-state index contributed by atoms with van der Waals surface area (Å²) in [4.78, 5) is 22.6. The molecule has 3 aromatic rings. The number of benzene rings is 1. The van der Waals surface area contributed by atoms with Crippen LogP contribution in [0.2, 0.25) is 0 Å². The van der Waals surface area contributed by atoms with E-state index >= 15 is 0 Å². The van der Waals surface area contributed by atoms with Crippen LogP contribution >= 0.6 is 0 Å². The van der Waals surface area contributed by atoms with Gasteiger partial charge in [0.2, 0.25) is 5.91 Å². The molecule has 1 aliphatic heterocycles. The molecule has 4 N–H and O–H groups in total. The monoisotopic (exact) mass is 510 g/mol. The minimum Gasteiger partial charge on any atom is -0.491 e. The van der Waals surface area contributed by atoms with Crippen molar-refractivity contribution in [1.29, 1.82) is 0 Å². The average Bonchev–Trinajstić information content (AvgIpc) is 3.50. The molecule has 1 aliphatic rings. The van der Waals surface area contributed by atoms with Crippen LogP contribution in [0.3, 0.4) is 0 Å². The van der Waals surface area contributed by atoms with Crippen molar-refractivity contribution < 1.29 is 23.9 Å². The smallest absolute Gasteiger partial charge is 0.247 e. The molecule has 37 heavy (non-hydrogen) atoms. The Bertz CT molecular complexity index is 1230. The number of aryl methyl sites for hydroxylation is 2. The highest BCUT2D eigenvalue weighted by Crippen LogP contribution is 2.35. The van der Waals surface area contributed by atoms with E-state index in [1.807, 2.05) is 45.0 Å². The van der Waals surface area contributed by atoms with Gasteiger partial charge in [0.1, 0.15) is 35.6 Å². The van der Waals surface area contributed by atoms with E-state index in [-0.39, 0.29) is 19.1 Å². The van der Waals surface area contributed by atoms with Crippen LogP contribution in [0.4, 0.5) is 5.82 Å². The lowest BCUT2D eigenvalue weighted by atomic mass is 9.96. The maximum atomic E-state index is 12.9. The molecule has 1 fully saturated rings. The highest BCUT2D eigenvalue weighted by atomic mass is 16.5. The van der Waals surface area contributed by atoms with Gasteiger partial charge in [-0.05, 0) is 40.0 Å². The van der Waals surface area contributed by atoms with Crippen LogP contribution < -0.4 is 20.7 Å². The van der Waals surface area contributed by atoms with Gasteiger partial charge in [-0.1, -0.05) is 17.3 Å². The number of rotatable bonds is 10. The number of anilines is 1. The average molecular weight is 511 g/mol. The summed E-state index contributed by atoms with van der Waals surface area (Å²) in [5.41, 5.74) is 2.67. The molecule has 198 valence electrons. The Labute approximate surface area is 216 Å². The number of likely N-dealkylation sites (N-methyl/N-ethyl adjacent to an activating group) is 2. The Hall–Kier alpha value is -3.54. The highest BCUT2D eigenvalue weighted by molar-refractivity contribution is 5.90. The fourth-order valence-electron chi connectivity index (χ4n) is 4.41. The van der Waals surface area contributed by atoms with Gasteiger partial charge in [-0.15, -0.1) is 0 Å². The Morgan fingerprint density at radius 1 is 1.24 bits per heavy atom. The summed E-state index contributed by atoms with van der Waals surface area (Å²) in [6.45, 7) is 6.87. The molecule has 0 aliphatic carbocycles. The molecule has 2 unspecified atom stereocenters. The van der Waals surface area contributed by atoms with Crippen molar-refractivity contribution in [2.45, 2.75) is 38.8 Å². The van der Waals surface area contributed by atoms with Crippen LogP contribution in [0.15, 0.2) is 28.8 Å². The van der Waals surface area contributed by atoms with Crippen molar-refractivity contribution in [3.05, 3.63) is 41.3 Å². The van der Waals surface area contributed by atoms with Crippen molar-refractivity contribution in [3.8, 4) is 28.4 Å².